The van der Waals surface area contributed by atoms with E-state index in [2.05, 4.69) is 6.92 Å². The van der Waals surface area contributed by atoms with Crippen molar-refractivity contribution < 1.29 is 19.4 Å². The van der Waals surface area contributed by atoms with Crippen molar-refractivity contribution in [1.82, 2.24) is 9.80 Å². The SMILES string of the molecule is CCCOC1CCCN(C(=O)N(C)C(CC)C(=O)O)C1. The van der Waals surface area contributed by atoms with E-state index in [1.54, 1.807) is 18.9 Å². The number of carbonyl (C=O) groups excluding carboxylic acids is 1. The molecule has 1 fully saturated rings. The van der Waals surface area contributed by atoms with Crippen LogP contribution in [0.4, 0.5) is 4.79 Å². The normalized spacial score (nSPS) is 20.6. The van der Waals surface area contributed by atoms with Crippen LogP contribution in [0.1, 0.15) is 39.5 Å². The van der Waals surface area contributed by atoms with Crippen LogP contribution in [-0.2, 0) is 9.53 Å². The molecule has 6 heteroatoms. The summed E-state index contributed by atoms with van der Waals surface area (Å²) in [6, 6.07) is -0.983. The maximum Gasteiger partial charge on any atom is 0.326 e. The van der Waals surface area contributed by atoms with Gasteiger partial charge in [-0.05, 0) is 25.7 Å². The van der Waals surface area contributed by atoms with Crippen LogP contribution in [0.2, 0.25) is 0 Å². The third-order valence-corrected chi connectivity index (χ3v) is 3.65. The number of hydrogen-bond donors (Lipinski definition) is 1. The zero-order chi connectivity index (χ0) is 15.1. The van der Waals surface area contributed by atoms with Crippen LogP contribution in [0.25, 0.3) is 0 Å². The fourth-order valence-corrected chi connectivity index (χ4v) is 2.50. The van der Waals surface area contributed by atoms with Crippen molar-refractivity contribution in [1.29, 1.82) is 0 Å². The second-order valence-electron chi connectivity index (χ2n) is 5.24. The minimum absolute atomic E-state index is 0.0750. The Balaban J connectivity index is 2.59. The first-order valence-corrected chi connectivity index (χ1v) is 7.37. The summed E-state index contributed by atoms with van der Waals surface area (Å²) in [5, 5.41) is 9.12. The van der Waals surface area contributed by atoms with Gasteiger partial charge in [-0.2, -0.15) is 0 Å². The maximum atomic E-state index is 12.4. The molecule has 1 N–H and O–H groups in total. The lowest BCUT2D eigenvalue weighted by Gasteiger charge is -2.36. The third kappa shape index (κ3) is 4.37. The van der Waals surface area contributed by atoms with E-state index in [0.717, 1.165) is 19.3 Å². The highest BCUT2D eigenvalue weighted by atomic mass is 16.5. The highest BCUT2D eigenvalue weighted by Gasteiger charge is 2.31. The van der Waals surface area contributed by atoms with Crippen LogP contribution >= 0.6 is 0 Å². The lowest BCUT2D eigenvalue weighted by atomic mass is 10.1. The van der Waals surface area contributed by atoms with Crippen LogP contribution in [-0.4, -0.2) is 65.8 Å². The molecule has 1 saturated heterocycles. The van der Waals surface area contributed by atoms with Gasteiger partial charge in [-0.25, -0.2) is 9.59 Å². The van der Waals surface area contributed by atoms with E-state index in [1.165, 1.54) is 4.90 Å². The quantitative estimate of drug-likeness (QED) is 0.808. The number of likely N-dealkylation sites (tertiary alicyclic amines) is 1. The molecule has 0 spiro atoms. The Morgan fingerprint density at radius 2 is 2.15 bits per heavy atom. The Morgan fingerprint density at radius 1 is 1.45 bits per heavy atom. The summed E-state index contributed by atoms with van der Waals surface area (Å²) in [5.41, 5.74) is 0. The molecule has 2 unspecified atom stereocenters. The summed E-state index contributed by atoms with van der Waals surface area (Å²) in [5.74, 6) is -0.959. The molecule has 2 amide bonds. The molecular weight excluding hydrogens is 260 g/mol. The van der Waals surface area contributed by atoms with Crippen molar-refractivity contribution >= 4 is 12.0 Å². The van der Waals surface area contributed by atoms with E-state index in [1.807, 2.05) is 0 Å². The predicted octanol–water partition coefficient (Wildman–Crippen LogP) is 1.79. The first kappa shape index (κ1) is 16.8. The summed E-state index contributed by atoms with van der Waals surface area (Å²) in [7, 11) is 1.56. The molecule has 2 atom stereocenters. The molecule has 0 saturated carbocycles. The predicted molar refractivity (Wildman–Crippen MR) is 75.7 cm³/mol. The number of carbonyl (C=O) groups is 2. The number of hydrogen-bond acceptors (Lipinski definition) is 3. The number of likely N-dealkylation sites (N-methyl/N-ethyl adjacent to an activating group) is 1. The average molecular weight is 286 g/mol. The Labute approximate surface area is 120 Å². The zero-order valence-corrected chi connectivity index (χ0v) is 12.7. The topological polar surface area (TPSA) is 70.1 Å². The van der Waals surface area contributed by atoms with Crippen molar-refractivity contribution in [3.05, 3.63) is 0 Å². The number of piperidine rings is 1. The fraction of sp³-hybridized carbons (Fsp3) is 0.857. The van der Waals surface area contributed by atoms with E-state index in [9.17, 15) is 9.59 Å². The number of carboxylic acids is 1. The second-order valence-corrected chi connectivity index (χ2v) is 5.24. The lowest BCUT2D eigenvalue weighted by Crippen LogP contribution is -2.52. The molecule has 0 bridgehead atoms. The number of rotatable bonds is 6. The fourth-order valence-electron chi connectivity index (χ4n) is 2.50. The smallest absolute Gasteiger partial charge is 0.326 e. The Kier molecular flexibility index (Phi) is 6.78. The molecule has 0 radical (unpaired) electrons. The standard InChI is InChI=1S/C14H26N2O4/c1-4-9-20-11-7-6-8-16(10-11)14(19)15(3)12(5-2)13(17)18/h11-12H,4-10H2,1-3H3,(H,17,18). The summed E-state index contributed by atoms with van der Waals surface area (Å²) in [6.45, 7) is 5.75. The monoisotopic (exact) mass is 286 g/mol. The van der Waals surface area contributed by atoms with Gasteiger partial charge < -0.3 is 19.6 Å². The van der Waals surface area contributed by atoms with Gasteiger partial charge in [-0.1, -0.05) is 13.8 Å². The highest BCUT2D eigenvalue weighted by Crippen LogP contribution is 2.16. The van der Waals surface area contributed by atoms with E-state index >= 15 is 0 Å². The van der Waals surface area contributed by atoms with Crippen molar-refractivity contribution in [2.24, 2.45) is 0 Å². The summed E-state index contributed by atoms with van der Waals surface area (Å²) >= 11 is 0. The van der Waals surface area contributed by atoms with E-state index < -0.39 is 12.0 Å². The molecule has 1 aliphatic heterocycles. The molecule has 1 rings (SSSR count). The van der Waals surface area contributed by atoms with Gasteiger partial charge >= 0.3 is 12.0 Å². The van der Waals surface area contributed by atoms with Crippen molar-refractivity contribution in [2.45, 2.75) is 51.7 Å². The molecule has 6 nitrogen and oxygen atoms in total. The number of carboxylic acid groups (broad SMARTS) is 1. The second kappa shape index (κ2) is 8.09. The van der Waals surface area contributed by atoms with E-state index in [0.29, 0.717) is 26.1 Å². The number of ether oxygens (including phenoxy) is 1. The van der Waals surface area contributed by atoms with Gasteiger partial charge in [0.05, 0.1) is 6.10 Å². The Bertz CT molecular complexity index is 335. The summed E-state index contributed by atoms with van der Waals surface area (Å²) < 4.78 is 5.70. The van der Waals surface area contributed by atoms with Gasteiger partial charge in [0.25, 0.3) is 0 Å². The molecule has 20 heavy (non-hydrogen) atoms. The molecular formula is C14H26N2O4. The van der Waals surface area contributed by atoms with E-state index in [4.69, 9.17) is 9.84 Å². The third-order valence-electron chi connectivity index (χ3n) is 3.65. The molecule has 0 aromatic heterocycles. The van der Waals surface area contributed by atoms with Crippen LogP contribution in [0.15, 0.2) is 0 Å². The van der Waals surface area contributed by atoms with Gasteiger partial charge in [-0.3, -0.25) is 0 Å². The number of aliphatic carboxylic acids is 1. The number of nitrogens with zero attached hydrogens (tertiary/aromatic N) is 2. The van der Waals surface area contributed by atoms with Crippen LogP contribution in [0, 0.1) is 0 Å². The minimum atomic E-state index is -0.959. The molecule has 1 heterocycles. The summed E-state index contributed by atoms with van der Waals surface area (Å²) in [6.07, 6.45) is 3.30. The van der Waals surface area contributed by atoms with Gasteiger partial charge in [0, 0.05) is 26.7 Å². The summed E-state index contributed by atoms with van der Waals surface area (Å²) in [4.78, 5) is 26.5. The van der Waals surface area contributed by atoms with Crippen molar-refractivity contribution in [2.75, 3.05) is 26.7 Å². The molecule has 1 aliphatic rings. The highest BCUT2D eigenvalue weighted by molar-refractivity contribution is 5.82. The van der Waals surface area contributed by atoms with Crippen molar-refractivity contribution in [3.63, 3.8) is 0 Å². The maximum absolute atomic E-state index is 12.4. The van der Waals surface area contributed by atoms with Crippen molar-refractivity contribution in [3.8, 4) is 0 Å². The Hall–Kier alpha value is -1.30. The number of urea groups is 1. The molecule has 0 aromatic rings. The van der Waals surface area contributed by atoms with E-state index in [-0.39, 0.29) is 12.1 Å². The van der Waals surface area contributed by atoms with Gasteiger partial charge in [0.15, 0.2) is 0 Å². The zero-order valence-electron chi connectivity index (χ0n) is 12.7. The Morgan fingerprint density at radius 3 is 2.70 bits per heavy atom. The van der Waals surface area contributed by atoms with Crippen LogP contribution in [0.3, 0.4) is 0 Å². The van der Waals surface area contributed by atoms with Gasteiger partial charge in [0.1, 0.15) is 6.04 Å². The van der Waals surface area contributed by atoms with Gasteiger partial charge in [0.2, 0.25) is 0 Å². The first-order valence-electron chi connectivity index (χ1n) is 7.37. The van der Waals surface area contributed by atoms with Gasteiger partial charge in [-0.15, -0.1) is 0 Å². The molecule has 116 valence electrons. The largest absolute Gasteiger partial charge is 0.480 e. The molecule has 0 aliphatic carbocycles. The first-order chi connectivity index (χ1) is 9.51. The lowest BCUT2D eigenvalue weighted by molar-refractivity contribution is -0.142. The van der Waals surface area contributed by atoms with Crippen LogP contribution in [0.5, 0.6) is 0 Å². The minimum Gasteiger partial charge on any atom is -0.480 e. The average Bonchev–Trinajstić information content (AvgIpc) is 2.44. The number of amides is 2. The molecule has 0 aromatic carbocycles. The van der Waals surface area contributed by atoms with Crippen LogP contribution < -0.4 is 0 Å².